The zero-order valence-electron chi connectivity index (χ0n) is 21.0. The van der Waals surface area contributed by atoms with Crippen molar-refractivity contribution in [1.82, 2.24) is 14.9 Å². The van der Waals surface area contributed by atoms with Gasteiger partial charge in [0.2, 0.25) is 0 Å². The van der Waals surface area contributed by atoms with Crippen LogP contribution in [-0.2, 0) is 18.0 Å². The maximum atomic E-state index is 14.8. The molecule has 0 saturated carbocycles. The third kappa shape index (κ3) is 3.70. The Morgan fingerprint density at radius 1 is 1.30 bits per heavy atom. The molecule has 0 unspecified atom stereocenters. The largest absolute Gasteiger partial charge is 0.461 e. The van der Waals surface area contributed by atoms with Gasteiger partial charge in [-0.15, -0.1) is 11.3 Å². The lowest BCUT2D eigenvalue weighted by molar-refractivity contribution is 0.108. The van der Waals surface area contributed by atoms with E-state index in [1.807, 2.05) is 0 Å². The van der Waals surface area contributed by atoms with Crippen LogP contribution in [0.15, 0.2) is 30.0 Å². The number of nitrogens with two attached hydrogens (primary N) is 1. The van der Waals surface area contributed by atoms with Gasteiger partial charge in [-0.1, -0.05) is 17.7 Å². The highest BCUT2D eigenvalue weighted by Crippen LogP contribution is 2.48. The molecule has 2 aromatic heterocycles. The lowest BCUT2D eigenvalue weighted by Crippen LogP contribution is -2.43. The lowest BCUT2D eigenvalue weighted by atomic mass is 9.91. The summed E-state index contributed by atoms with van der Waals surface area (Å²) in [6.45, 7) is 1.74. The Hall–Kier alpha value is -3.43. The molecule has 5 heterocycles. The highest BCUT2D eigenvalue weighted by molar-refractivity contribution is 7.23. The number of fused-ring (bicyclic) bond motifs is 5. The standard InChI is InChI=1S/C28H21ClF3N5O2S/c29-22-20(14-2-3-19(30)24-21(14)15(7-33)26(34)40-24)18-11-38-10-17(18)16-8-35-27(36-23(16)22)39-12-28-4-1-5-37(28)9-13(6-28)25(31)32/h2-3,8H,1,4-6,9-12,34H2/t28-/m0/s1. The van der Waals surface area contributed by atoms with Crippen LogP contribution >= 0.6 is 22.9 Å². The van der Waals surface area contributed by atoms with Gasteiger partial charge in [-0.05, 0) is 48.6 Å². The highest BCUT2D eigenvalue weighted by Gasteiger charge is 2.48. The third-order valence-corrected chi connectivity index (χ3v) is 9.67. The predicted molar refractivity (Wildman–Crippen MR) is 146 cm³/mol. The van der Waals surface area contributed by atoms with Gasteiger partial charge in [0.1, 0.15) is 23.5 Å². The molecule has 0 spiro atoms. The van der Waals surface area contributed by atoms with E-state index in [-0.39, 0.29) is 53.0 Å². The number of hydrogen-bond acceptors (Lipinski definition) is 8. The number of anilines is 1. The van der Waals surface area contributed by atoms with Crippen LogP contribution in [-0.4, -0.2) is 40.1 Å². The Morgan fingerprint density at radius 2 is 2.12 bits per heavy atom. The van der Waals surface area contributed by atoms with Crippen LogP contribution in [0.5, 0.6) is 6.01 Å². The average Bonchev–Trinajstić information content (AvgIpc) is 3.70. The normalized spacial score (nSPS) is 20.3. The Morgan fingerprint density at radius 3 is 2.92 bits per heavy atom. The van der Waals surface area contributed by atoms with Gasteiger partial charge in [-0.3, -0.25) is 4.90 Å². The zero-order chi connectivity index (χ0) is 27.8. The van der Waals surface area contributed by atoms with E-state index in [9.17, 15) is 18.4 Å². The number of nitrogen functional groups attached to an aromatic ring is 1. The average molecular weight is 584 g/mol. The molecular weight excluding hydrogens is 563 g/mol. The lowest BCUT2D eigenvalue weighted by Gasteiger charge is -2.30. The first-order valence-corrected chi connectivity index (χ1v) is 13.9. The van der Waals surface area contributed by atoms with Crippen molar-refractivity contribution >= 4 is 48.9 Å². The summed E-state index contributed by atoms with van der Waals surface area (Å²) in [6.07, 6.45) is 1.93. The summed E-state index contributed by atoms with van der Waals surface area (Å²) in [5.41, 5.74) is 9.16. The van der Waals surface area contributed by atoms with E-state index in [4.69, 9.17) is 26.8 Å². The van der Waals surface area contributed by atoms with Crippen LogP contribution in [0.25, 0.3) is 32.1 Å². The molecule has 204 valence electrons. The smallest absolute Gasteiger partial charge is 0.317 e. The molecule has 2 fully saturated rings. The minimum Gasteiger partial charge on any atom is -0.461 e. The summed E-state index contributed by atoms with van der Waals surface area (Å²) in [5.74, 6) is -0.474. The summed E-state index contributed by atoms with van der Waals surface area (Å²) in [5, 5.41) is 11.4. The van der Waals surface area contributed by atoms with Crippen molar-refractivity contribution in [2.24, 2.45) is 0 Å². The predicted octanol–water partition coefficient (Wildman–Crippen LogP) is 6.56. The first-order valence-electron chi connectivity index (χ1n) is 12.7. The summed E-state index contributed by atoms with van der Waals surface area (Å²) < 4.78 is 53.6. The highest BCUT2D eigenvalue weighted by atomic mass is 35.5. The molecule has 0 aliphatic carbocycles. The summed E-state index contributed by atoms with van der Waals surface area (Å²) >= 11 is 8.06. The van der Waals surface area contributed by atoms with Crippen molar-refractivity contribution in [3.05, 3.63) is 57.5 Å². The summed E-state index contributed by atoms with van der Waals surface area (Å²) in [6, 6.07) is 5.12. The van der Waals surface area contributed by atoms with Crippen LogP contribution in [0, 0.1) is 17.1 Å². The van der Waals surface area contributed by atoms with Gasteiger partial charge in [0.15, 0.2) is 0 Å². The number of benzene rings is 2. The molecule has 2 saturated heterocycles. The van der Waals surface area contributed by atoms with E-state index in [1.54, 1.807) is 12.3 Å². The SMILES string of the molecule is N#Cc1c(N)sc2c(F)ccc(-c3c4c(c5cnc(OC[C@@]67CCCN6CC(=C(F)F)C7)nc5c3Cl)COC4)c12. The number of halogens is 4. The number of aromatic nitrogens is 2. The summed E-state index contributed by atoms with van der Waals surface area (Å²) in [4.78, 5) is 11.1. The van der Waals surface area contributed by atoms with Gasteiger partial charge in [0.25, 0.3) is 6.08 Å². The second-order valence-corrected chi connectivity index (χ2v) is 11.8. The molecular formula is C28H21ClF3N5O2S. The Bertz CT molecular complexity index is 1820. The molecule has 7 nitrogen and oxygen atoms in total. The van der Waals surface area contributed by atoms with E-state index in [2.05, 4.69) is 20.9 Å². The minimum absolute atomic E-state index is 0.0836. The molecule has 12 heteroatoms. The van der Waals surface area contributed by atoms with Crippen molar-refractivity contribution in [3.63, 3.8) is 0 Å². The van der Waals surface area contributed by atoms with Gasteiger partial charge < -0.3 is 15.2 Å². The van der Waals surface area contributed by atoms with E-state index in [1.165, 1.54) is 6.07 Å². The Kier molecular flexibility index (Phi) is 5.94. The van der Waals surface area contributed by atoms with Crippen molar-refractivity contribution in [2.45, 2.75) is 38.0 Å². The fourth-order valence-corrected chi connectivity index (χ4v) is 7.73. The van der Waals surface area contributed by atoms with Crippen LogP contribution in [0.3, 0.4) is 0 Å². The fraction of sp³-hybridized carbons (Fsp3) is 0.321. The van der Waals surface area contributed by atoms with Gasteiger partial charge in [-0.25, -0.2) is 9.37 Å². The van der Waals surface area contributed by atoms with E-state index < -0.39 is 17.4 Å². The second kappa shape index (κ2) is 9.31. The number of thiophene rings is 1. The number of rotatable bonds is 4. The van der Waals surface area contributed by atoms with E-state index >= 15 is 0 Å². The molecule has 3 aliphatic rings. The molecule has 2 aromatic carbocycles. The maximum Gasteiger partial charge on any atom is 0.317 e. The van der Waals surface area contributed by atoms with Crippen LogP contribution in [0.4, 0.5) is 18.2 Å². The van der Waals surface area contributed by atoms with Crippen molar-refractivity contribution in [3.8, 4) is 23.2 Å². The minimum atomic E-state index is -1.62. The maximum absolute atomic E-state index is 14.8. The molecule has 7 rings (SSSR count). The Labute approximate surface area is 235 Å². The summed E-state index contributed by atoms with van der Waals surface area (Å²) in [7, 11) is 0. The first kappa shape index (κ1) is 25.5. The topological polar surface area (TPSA) is 97.3 Å². The number of hydrogen-bond donors (Lipinski definition) is 1. The zero-order valence-corrected chi connectivity index (χ0v) is 22.6. The van der Waals surface area contributed by atoms with E-state index in [0.717, 1.165) is 41.9 Å². The van der Waals surface area contributed by atoms with Crippen LogP contribution < -0.4 is 10.5 Å². The van der Waals surface area contributed by atoms with Crippen LogP contribution in [0.2, 0.25) is 5.02 Å². The van der Waals surface area contributed by atoms with E-state index in [0.29, 0.717) is 39.0 Å². The van der Waals surface area contributed by atoms with Crippen molar-refractivity contribution in [2.75, 3.05) is 25.4 Å². The van der Waals surface area contributed by atoms with Gasteiger partial charge in [-0.2, -0.15) is 19.0 Å². The van der Waals surface area contributed by atoms with Crippen molar-refractivity contribution < 1.29 is 22.6 Å². The van der Waals surface area contributed by atoms with Gasteiger partial charge in [0, 0.05) is 34.7 Å². The molecule has 0 amide bonds. The molecule has 3 aliphatic heterocycles. The Balaban J connectivity index is 1.34. The number of nitriles is 1. The molecule has 2 N–H and O–H groups in total. The molecule has 0 bridgehead atoms. The molecule has 1 atom stereocenters. The first-order chi connectivity index (χ1) is 19.3. The second-order valence-electron chi connectivity index (χ2n) is 10.4. The molecule has 0 radical (unpaired) electrons. The third-order valence-electron chi connectivity index (χ3n) is 8.28. The van der Waals surface area contributed by atoms with Gasteiger partial charge in [0.05, 0.1) is 39.6 Å². The monoisotopic (exact) mass is 583 g/mol. The molecule has 40 heavy (non-hydrogen) atoms. The fourth-order valence-electron chi connectivity index (χ4n) is 6.42. The van der Waals surface area contributed by atoms with Crippen LogP contribution in [0.1, 0.15) is 36.0 Å². The molecule has 4 aromatic rings. The quantitative estimate of drug-likeness (QED) is 0.291. The number of ether oxygens (including phenoxy) is 2. The van der Waals surface area contributed by atoms with Gasteiger partial charge >= 0.3 is 6.01 Å². The van der Waals surface area contributed by atoms with Crippen molar-refractivity contribution in [1.29, 1.82) is 5.26 Å². The number of nitrogens with zero attached hydrogens (tertiary/aromatic N) is 4.